The van der Waals surface area contributed by atoms with E-state index in [1.165, 1.54) is 0 Å². The first kappa shape index (κ1) is 38.8. The van der Waals surface area contributed by atoms with Gasteiger partial charge in [-0.25, -0.2) is 9.18 Å². The fraction of sp³-hybridized carbons (Fsp3) is 0.833. The minimum Gasteiger partial charge on any atom is -0.454 e. The lowest BCUT2D eigenvalue weighted by Crippen LogP contribution is -2.77. The topological polar surface area (TPSA) is 55.8 Å². The summed E-state index contributed by atoms with van der Waals surface area (Å²) in [7, 11) is 0. The highest BCUT2D eigenvalue weighted by atomic mass is 19.4. The van der Waals surface area contributed by atoms with E-state index in [-0.39, 0.29) is 5.57 Å². The van der Waals surface area contributed by atoms with Crippen molar-refractivity contribution in [2.75, 3.05) is 19.8 Å². The summed E-state index contributed by atoms with van der Waals surface area (Å²) in [6.45, 7) is -0.257. The molecule has 0 radical (unpaired) electrons. The fourth-order valence-corrected chi connectivity index (χ4v) is 2.50. The maximum atomic E-state index is 13.8. The highest BCUT2D eigenvalue weighted by Crippen LogP contribution is 2.66. The van der Waals surface area contributed by atoms with Gasteiger partial charge in [0.1, 0.15) is 6.10 Å². The molecule has 1 N–H and O–H groups in total. The molecule has 0 aromatic rings. The molecule has 0 bridgehead atoms. The largest absolute Gasteiger partial charge is 0.454 e. The molecule has 41 heavy (non-hydrogen) atoms. The SMILES string of the molecule is C=C(C)C(=O)OC(CO)COCCC(F)(F)C(F)(F)C(F)(F)C(F)(F)C(F)(F)C(F)(F)C(F)(C(F)(F)F)C(F)(F)F. The molecule has 0 heterocycles. The second-order valence-corrected chi connectivity index (χ2v) is 8.05. The van der Waals surface area contributed by atoms with E-state index in [0.717, 1.165) is 6.92 Å². The van der Waals surface area contributed by atoms with Crippen molar-refractivity contribution < 1.29 is 103 Å². The average molecular weight is 656 g/mol. The summed E-state index contributed by atoms with van der Waals surface area (Å²) in [5.41, 5.74) is -9.12. The van der Waals surface area contributed by atoms with Gasteiger partial charge < -0.3 is 14.6 Å². The fourth-order valence-electron chi connectivity index (χ4n) is 2.50. The van der Waals surface area contributed by atoms with Crippen LogP contribution in [-0.2, 0) is 14.3 Å². The molecule has 0 aliphatic carbocycles. The van der Waals surface area contributed by atoms with Crippen molar-refractivity contribution in [2.24, 2.45) is 0 Å². The third-order valence-electron chi connectivity index (χ3n) is 4.94. The van der Waals surface area contributed by atoms with Gasteiger partial charge in [0.15, 0.2) is 0 Å². The van der Waals surface area contributed by atoms with Gasteiger partial charge in [-0.1, -0.05) is 6.58 Å². The molecule has 4 nitrogen and oxygen atoms in total. The molecule has 0 spiro atoms. The van der Waals surface area contributed by atoms with E-state index in [9.17, 15) is 88.2 Å². The van der Waals surface area contributed by atoms with Crippen LogP contribution in [0.5, 0.6) is 0 Å². The smallest absolute Gasteiger partial charge is 0.438 e. The van der Waals surface area contributed by atoms with Crippen LogP contribution in [-0.4, -0.2) is 90.6 Å². The summed E-state index contributed by atoms with van der Waals surface area (Å²) in [5.74, 6) is -51.7. The van der Waals surface area contributed by atoms with Crippen LogP contribution in [0.2, 0.25) is 0 Å². The minimum atomic E-state index is -9.08. The highest BCUT2D eigenvalue weighted by molar-refractivity contribution is 5.87. The molecule has 0 rings (SSSR count). The third-order valence-corrected chi connectivity index (χ3v) is 4.94. The van der Waals surface area contributed by atoms with Gasteiger partial charge in [-0.15, -0.1) is 0 Å². The van der Waals surface area contributed by atoms with E-state index >= 15 is 0 Å². The molecule has 0 fully saturated rings. The summed E-state index contributed by atoms with van der Waals surface area (Å²) in [4.78, 5) is 11.2. The van der Waals surface area contributed by atoms with Crippen LogP contribution >= 0.6 is 0 Å². The van der Waals surface area contributed by atoms with Gasteiger partial charge in [0, 0.05) is 12.0 Å². The van der Waals surface area contributed by atoms with Gasteiger partial charge in [-0.3, -0.25) is 0 Å². The zero-order chi connectivity index (χ0) is 33.5. The number of alkyl halides is 19. The Balaban J connectivity index is 6.31. The first-order chi connectivity index (χ1) is 17.8. The number of hydrogen-bond donors (Lipinski definition) is 1. The second kappa shape index (κ2) is 11.5. The van der Waals surface area contributed by atoms with E-state index < -0.39 is 91.9 Å². The molecule has 1 atom stereocenters. The average Bonchev–Trinajstić information content (AvgIpc) is 2.77. The summed E-state index contributed by atoms with van der Waals surface area (Å²) in [5, 5.41) is 8.90. The molecular weight excluding hydrogens is 641 g/mol. The Morgan fingerprint density at radius 1 is 0.683 bits per heavy atom. The molecule has 0 amide bonds. The molecular formula is C18H15F19O4. The Hall–Kier alpha value is -2.20. The minimum absolute atomic E-state index is 0.323. The third kappa shape index (κ3) is 6.28. The van der Waals surface area contributed by atoms with Crippen LogP contribution < -0.4 is 0 Å². The summed E-state index contributed by atoms with van der Waals surface area (Å²) < 4.78 is 261. The molecule has 23 heteroatoms. The van der Waals surface area contributed by atoms with Crippen LogP contribution in [0.3, 0.4) is 0 Å². The first-order valence-corrected chi connectivity index (χ1v) is 9.90. The maximum absolute atomic E-state index is 13.8. The van der Waals surface area contributed by atoms with Crippen LogP contribution in [0.1, 0.15) is 13.3 Å². The van der Waals surface area contributed by atoms with E-state index in [0.29, 0.717) is 0 Å². The number of rotatable bonds is 14. The van der Waals surface area contributed by atoms with E-state index in [2.05, 4.69) is 16.1 Å². The van der Waals surface area contributed by atoms with Crippen molar-refractivity contribution in [3.05, 3.63) is 12.2 Å². The molecule has 0 saturated heterocycles. The number of carbonyl (C=O) groups excluding carboxylic acids is 1. The van der Waals surface area contributed by atoms with Crippen molar-refractivity contribution >= 4 is 5.97 Å². The van der Waals surface area contributed by atoms with Crippen molar-refractivity contribution in [3.63, 3.8) is 0 Å². The van der Waals surface area contributed by atoms with E-state index in [4.69, 9.17) is 5.11 Å². The van der Waals surface area contributed by atoms with Crippen molar-refractivity contribution in [1.29, 1.82) is 0 Å². The van der Waals surface area contributed by atoms with E-state index in [1.807, 2.05) is 0 Å². The summed E-state index contributed by atoms with van der Waals surface area (Å²) >= 11 is 0. The van der Waals surface area contributed by atoms with Gasteiger partial charge in [0.2, 0.25) is 0 Å². The van der Waals surface area contributed by atoms with Gasteiger partial charge in [0.25, 0.3) is 0 Å². The van der Waals surface area contributed by atoms with Crippen LogP contribution in [0.25, 0.3) is 0 Å². The number of hydrogen-bond acceptors (Lipinski definition) is 4. The normalized spacial score (nSPS) is 16.0. The van der Waals surface area contributed by atoms with Crippen molar-refractivity contribution in [3.8, 4) is 0 Å². The standard InChI is InChI=1S/C18H15F19O4/c1-7(2)9(39)41-8(5-38)6-40-4-3-10(19,20)12(22,23)14(26,27)16(30,31)15(28,29)13(24,25)11(21,17(32,33)34)18(35,36)37/h8,38H,1,3-6H2,2H3. The Morgan fingerprint density at radius 2 is 1.05 bits per heavy atom. The molecule has 0 saturated carbocycles. The molecule has 1 unspecified atom stereocenters. The van der Waals surface area contributed by atoms with Gasteiger partial charge in [-0.05, 0) is 6.92 Å². The molecule has 244 valence electrons. The van der Waals surface area contributed by atoms with Crippen molar-refractivity contribution in [2.45, 2.75) is 73.0 Å². The molecule has 0 aliphatic heterocycles. The Morgan fingerprint density at radius 3 is 1.39 bits per heavy atom. The van der Waals surface area contributed by atoms with Gasteiger partial charge in [0.05, 0.1) is 19.8 Å². The number of halogens is 19. The van der Waals surface area contributed by atoms with E-state index in [1.54, 1.807) is 0 Å². The predicted molar refractivity (Wildman–Crippen MR) is 92.8 cm³/mol. The zero-order valence-electron chi connectivity index (χ0n) is 19.5. The number of esters is 1. The van der Waals surface area contributed by atoms with Crippen molar-refractivity contribution in [1.82, 2.24) is 0 Å². The second-order valence-electron chi connectivity index (χ2n) is 8.05. The van der Waals surface area contributed by atoms with Crippen LogP contribution in [0, 0.1) is 0 Å². The number of ether oxygens (including phenoxy) is 2. The quantitative estimate of drug-likeness (QED) is 0.100. The number of carbonyl (C=O) groups is 1. The number of aliphatic hydroxyl groups is 1. The molecule has 0 aromatic carbocycles. The van der Waals surface area contributed by atoms with Crippen LogP contribution in [0.15, 0.2) is 12.2 Å². The maximum Gasteiger partial charge on any atom is 0.438 e. The highest BCUT2D eigenvalue weighted by Gasteiger charge is 2.98. The Labute approximate surface area is 215 Å². The lowest BCUT2D eigenvalue weighted by molar-refractivity contribution is -0.472. The first-order valence-electron chi connectivity index (χ1n) is 9.90. The van der Waals surface area contributed by atoms with Gasteiger partial charge in [-0.2, -0.15) is 79.0 Å². The molecule has 0 aliphatic rings. The van der Waals surface area contributed by atoms with Gasteiger partial charge >= 0.3 is 59.5 Å². The lowest BCUT2D eigenvalue weighted by atomic mass is 9.83. The number of aliphatic hydroxyl groups excluding tert-OH is 1. The summed E-state index contributed by atoms with van der Waals surface area (Å²) in [6.07, 6.45) is -21.4. The summed E-state index contributed by atoms with van der Waals surface area (Å²) in [6, 6.07) is 0. The Bertz CT molecular complexity index is 923. The zero-order valence-corrected chi connectivity index (χ0v) is 19.5. The molecule has 0 aromatic heterocycles. The lowest BCUT2D eigenvalue weighted by Gasteiger charge is -2.45. The predicted octanol–water partition coefficient (Wildman–Crippen LogP) is 6.52. The Kier molecular flexibility index (Phi) is 10.9. The monoisotopic (exact) mass is 656 g/mol. The van der Waals surface area contributed by atoms with Crippen LogP contribution in [0.4, 0.5) is 83.4 Å².